The third-order valence-corrected chi connectivity index (χ3v) is 8.03. The fourth-order valence-electron chi connectivity index (χ4n) is 5.96. The lowest BCUT2D eigenvalue weighted by Crippen LogP contribution is -2.46. The van der Waals surface area contributed by atoms with E-state index in [9.17, 15) is 18.0 Å². The second kappa shape index (κ2) is 11.5. The van der Waals surface area contributed by atoms with E-state index in [-0.39, 0.29) is 23.6 Å². The number of halogens is 3. The first-order valence-electron chi connectivity index (χ1n) is 14.4. The van der Waals surface area contributed by atoms with Crippen molar-refractivity contribution in [2.45, 2.75) is 37.6 Å². The zero-order valence-electron chi connectivity index (χ0n) is 23.6. The summed E-state index contributed by atoms with van der Waals surface area (Å²) in [7, 11) is 0. The van der Waals surface area contributed by atoms with Gasteiger partial charge in [-0.05, 0) is 49.2 Å². The van der Waals surface area contributed by atoms with Crippen molar-refractivity contribution in [3.05, 3.63) is 48.8 Å². The summed E-state index contributed by atoms with van der Waals surface area (Å²) in [6.07, 6.45) is 0.378. The third kappa shape index (κ3) is 5.84. The number of hydrogen-bond donors (Lipinski definition) is 2. The Labute approximate surface area is 250 Å². The lowest BCUT2D eigenvalue weighted by Gasteiger charge is -2.36. The van der Waals surface area contributed by atoms with Gasteiger partial charge in [-0.1, -0.05) is 0 Å². The smallest absolute Gasteiger partial charge is 0.378 e. The van der Waals surface area contributed by atoms with Crippen LogP contribution >= 0.6 is 0 Å². The summed E-state index contributed by atoms with van der Waals surface area (Å²) in [5, 5.41) is 10.0. The van der Waals surface area contributed by atoms with Crippen molar-refractivity contribution < 1.29 is 27.4 Å². The minimum Gasteiger partial charge on any atom is -0.378 e. The van der Waals surface area contributed by atoms with Crippen LogP contribution in [0.15, 0.2) is 48.8 Å². The SMILES string of the molecule is O=C(Nc1ccc(-c2nc(N3C4CCC3COC4)c3cnn(CC(F)(F)F)c3n2)cc1)Nc1ccc(N2CCOCC2)nc1. The second-order valence-corrected chi connectivity index (χ2v) is 11.0. The van der Waals surface area contributed by atoms with Crippen molar-refractivity contribution in [2.75, 3.05) is 60.0 Å². The monoisotopic (exact) mass is 609 g/mol. The van der Waals surface area contributed by atoms with Crippen LogP contribution in [0.2, 0.25) is 0 Å². The fraction of sp³-hybridized carbons (Fsp3) is 0.414. The molecule has 4 aromatic rings. The molecule has 3 aliphatic heterocycles. The topological polar surface area (TPSA) is 123 Å². The molecular formula is C29H30F3N9O3. The van der Waals surface area contributed by atoms with E-state index in [0.717, 1.165) is 36.4 Å². The molecule has 6 heterocycles. The molecule has 0 spiro atoms. The van der Waals surface area contributed by atoms with E-state index in [2.05, 4.69) is 35.5 Å². The van der Waals surface area contributed by atoms with Crippen LogP contribution in [0, 0.1) is 0 Å². The molecular weight excluding hydrogens is 579 g/mol. The largest absolute Gasteiger partial charge is 0.408 e. The summed E-state index contributed by atoms with van der Waals surface area (Å²) in [6.45, 7) is 2.65. The molecule has 3 saturated heterocycles. The van der Waals surface area contributed by atoms with Crippen molar-refractivity contribution in [1.29, 1.82) is 0 Å². The maximum Gasteiger partial charge on any atom is 0.408 e. The van der Waals surface area contributed by atoms with Crippen molar-refractivity contribution >= 4 is 40.1 Å². The van der Waals surface area contributed by atoms with Gasteiger partial charge in [0.25, 0.3) is 0 Å². The van der Waals surface area contributed by atoms with Crippen LogP contribution in [0.1, 0.15) is 12.8 Å². The lowest BCUT2D eigenvalue weighted by atomic mass is 10.1. The number of ether oxygens (including phenoxy) is 2. The van der Waals surface area contributed by atoms with Gasteiger partial charge in [0.1, 0.15) is 18.2 Å². The molecule has 0 radical (unpaired) electrons. The molecule has 12 nitrogen and oxygen atoms in total. The number of urea groups is 1. The maximum atomic E-state index is 13.4. The summed E-state index contributed by atoms with van der Waals surface area (Å²) in [5.74, 6) is 1.65. The fourth-order valence-corrected chi connectivity index (χ4v) is 5.96. The highest BCUT2D eigenvalue weighted by Gasteiger charge is 2.40. The van der Waals surface area contributed by atoms with Gasteiger partial charge >= 0.3 is 12.2 Å². The Morgan fingerprint density at radius 1 is 0.909 bits per heavy atom. The van der Waals surface area contributed by atoms with Crippen LogP contribution in [-0.4, -0.2) is 88.5 Å². The molecule has 44 heavy (non-hydrogen) atoms. The van der Waals surface area contributed by atoms with Gasteiger partial charge in [0.15, 0.2) is 11.5 Å². The standard InChI is InChI=1S/C29H30F3N9O3/c30-29(31,32)17-40-26-23(14-34-40)27(41-21-6-7-22(41)16-44-15-21)38-25(37-26)18-1-3-19(4-2-18)35-28(42)36-20-5-8-24(33-13-20)39-9-11-43-12-10-39/h1-5,8,13-14,21-22H,6-7,9-12,15-17H2,(H2,35,36,42). The number of rotatable bonds is 6. The van der Waals surface area contributed by atoms with E-state index in [1.807, 2.05) is 6.07 Å². The predicted molar refractivity (Wildman–Crippen MR) is 157 cm³/mol. The van der Waals surface area contributed by atoms with Crippen LogP contribution in [0.25, 0.3) is 22.4 Å². The molecule has 2 bridgehead atoms. The van der Waals surface area contributed by atoms with Gasteiger partial charge in [0, 0.05) is 24.3 Å². The zero-order chi connectivity index (χ0) is 30.3. The molecule has 2 unspecified atom stereocenters. The molecule has 2 amide bonds. The molecule has 0 saturated carbocycles. The molecule has 1 aromatic carbocycles. The summed E-state index contributed by atoms with van der Waals surface area (Å²) in [4.78, 5) is 30.7. The van der Waals surface area contributed by atoms with Crippen LogP contribution in [0.4, 0.5) is 41.0 Å². The molecule has 3 aromatic heterocycles. The summed E-state index contributed by atoms with van der Waals surface area (Å²) >= 11 is 0. The number of anilines is 4. The molecule has 3 fully saturated rings. The van der Waals surface area contributed by atoms with E-state index < -0.39 is 18.8 Å². The Hall–Kier alpha value is -4.50. The lowest BCUT2D eigenvalue weighted by molar-refractivity contribution is -0.141. The van der Waals surface area contributed by atoms with Gasteiger partial charge in [-0.25, -0.2) is 24.4 Å². The number of alkyl halides is 3. The van der Waals surface area contributed by atoms with Gasteiger partial charge in [-0.3, -0.25) is 0 Å². The van der Waals surface area contributed by atoms with Crippen molar-refractivity contribution in [3.8, 4) is 11.4 Å². The minimum atomic E-state index is -4.46. The molecule has 15 heteroatoms. The van der Waals surface area contributed by atoms with Gasteiger partial charge in [0.05, 0.1) is 62.0 Å². The van der Waals surface area contributed by atoms with Crippen molar-refractivity contribution in [2.24, 2.45) is 0 Å². The van der Waals surface area contributed by atoms with E-state index in [1.54, 1.807) is 36.5 Å². The number of nitrogens with one attached hydrogen (secondary N) is 2. The average Bonchev–Trinajstić information content (AvgIpc) is 3.52. The third-order valence-electron chi connectivity index (χ3n) is 8.03. The van der Waals surface area contributed by atoms with Gasteiger partial charge in [-0.15, -0.1) is 0 Å². The Morgan fingerprint density at radius 2 is 1.61 bits per heavy atom. The van der Waals surface area contributed by atoms with E-state index in [4.69, 9.17) is 14.5 Å². The highest BCUT2D eigenvalue weighted by Crippen LogP contribution is 2.38. The first kappa shape index (κ1) is 28.3. The number of carbonyl (C=O) groups is 1. The predicted octanol–water partition coefficient (Wildman–Crippen LogP) is 4.30. The molecule has 2 N–H and O–H groups in total. The van der Waals surface area contributed by atoms with E-state index in [0.29, 0.717) is 54.6 Å². The van der Waals surface area contributed by atoms with Crippen molar-refractivity contribution in [1.82, 2.24) is 24.7 Å². The zero-order valence-corrected chi connectivity index (χ0v) is 23.6. The summed E-state index contributed by atoms with van der Waals surface area (Å²) in [6, 6.07) is 10.2. The van der Waals surface area contributed by atoms with Crippen LogP contribution in [0.3, 0.4) is 0 Å². The highest BCUT2D eigenvalue weighted by atomic mass is 19.4. The number of fused-ring (bicyclic) bond motifs is 3. The number of nitrogens with zero attached hydrogens (tertiary/aromatic N) is 7. The first-order valence-corrected chi connectivity index (χ1v) is 14.4. The van der Waals surface area contributed by atoms with Gasteiger partial charge in [-0.2, -0.15) is 18.3 Å². The summed E-state index contributed by atoms with van der Waals surface area (Å²) in [5.41, 5.74) is 1.75. The number of aromatic nitrogens is 5. The van der Waals surface area contributed by atoms with Crippen LogP contribution < -0.4 is 20.4 Å². The number of morpholine rings is 2. The second-order valence-electron chi connectivity index (χ2n) is 11.0. The van der Waals surface area contributed by atoms with Crippen molar-refractivity contribution in [3.63, 3.8) is 0 Å². The van der Waals surface area contributed by atoms with E-state index in [1.165, 1.54) is 6.20 Å². The average molecular weight is 610 g/mol. The first-order chi connectivity index (χ1) is 21.3. The number of pyridine rings is 1. The molecule has 230 valence electrons. The molecule has 3 aliphatic rings. The normalized spacial score (nSPS) is 20.2. The minimum absolute atomic E-state index is 0.0847. The highest BCUT2D eigenvalue weighted by molar-refractivity contribution is 5.99. The number of benzene rings is 1. The number of carbonyl (C=O) groups excluding carboxylic acids is 1. The Kier molecular flexibility index (Phi) is 7.42. The number of amides is 2. The number of hydrogen-bond acceptors (Lipinski definition) is 9. The molecule has 2 atom stereocenters. The quantitative estimate of drug-likeness (QED) is 0.330. The Balaban J connectivity index is 1.10. The summed E-state index contributed by atoms with van der Waals surface area (Å²) < 4.78 is 52.0. The molecule has 7 rings (SSSR count). The molecule has 0 aliphatic carbocycles. The van der Waals surface area contributed by atoms with Crippen LogP contribution in [-0.2, 0) is 16.0 Å². The van der Waals surface area contributed by atoms with E-state index >= 15 is 0 Å². The maximum absolute atomic E-state index is 13.4. The van der Waals surface area contributed by atoms with Gasteiger partial charge in [0.2, 0.25) is 0 Å². The Morgan fingerprint density at radius 3 is 2.30 bits per heavy atom. The van der Waals surface area contributed by atoms with Crippen LogP contribution in [0.5, 0.6) is 0 Å². The van der Waals surface area contributed by atoms with Gasteiger partial charge < -0.3 is 29.9 Å². The Bertz CT molecular complexity index is 1620.